The number of carbonyl (C=O) groups excluding carboxylic acids is 1. The van der Waals surface area contributed by atoms with Crippen molar-refractivity contribution in [3.63, 3.8) is 0 Å². The summed E-state index contributed by atoms with van der Waals surface area (Å²) in [6.07, 6.45) is 2.83. The van der Waals surface area contributed by atoms with Gasteiger partial charge >= 0.3 is 0 Å². The molecule has 0 spiro atoms. The Morgan fingerprint density at radius 2 is 2.26 bits per heavy atom. The van der Waals surface area contributed by atoms with Gasteiger partial charge in [0.15, 0.2) is 0 Å². The van der Waals surface area contributed by atoms with E-state index >= 15 is 0 Å². The summed E-state index contributed by atoms with van der Waals surface area (Å²) < 4.78 is 0. The maximum absolute atomic E-state index is 11.4. The van der Waals surface area contributed by atoms with E-state index in [0.29, 0.717) is 17.7 Å². The molecule has 2 aliphatic heterocycles. The van der Waals surface area contributed by atoms with Crippen molar-refractivity contribution in [1.82, 2.24) is 10.2 Å². The van der Waals surface area contributed by atoms with Crippen molar-refractivity contribution in [2.24, 2.45) is 0 Å². The van der Waals surface area contributed by atoms with E-state index in [1.165, 1.54) is 10.5 Å². The van der Waals surface area contributed by atoms with Crippen molar-refractivity contribution in [1.29, 1.82) is 0 Å². The number of likely N-dealkylation sites (N-methyl/N-ethyl adjacent to an activating group) is 1. The molecule has 2 atom stereocenters. The zero-order valence-corrected chi connectivity index (χ0v) is 12.1. The molecule has 1 fully saturated rings. The first kappa shape index (κ1) is 13.0. The van der Waals surface area contributed by atoms with Crippen molar-refractivity contribution in [3.8, 4) is 0 Å². The Hall–Kier alpha value is -1.00. The topological polar surface area (TPSA) is 32.3 Å². The lowest BCUT2D eigenvalue weighted by Crippen LogP contribution is -2.48. The Labute approximate surface area is 118 Å². The van der Waals surface area contributed by atoms with Crippen LogP contribution >= 0.6 is 11.8 Å². The van der Waals surface area contributed by atoms with Gasteiger partial charge in [0, 0.05) is 42.7 Å². The van der Waals surface area contributed by atoms with Gasteiger partial charge in [-0.3, -0.25) is 4.79 Å². The molecule has 0 saturated carbocycles. The second-order valence-electron chi connectivity index (χ2n) is 5.47. The predicted octanol–water partition coefficient (Wildman–Crippen LogP) is 1.91. The van der Waals surface area contributed by atoms with Crippen LogP contribution in [0.2, 0.25) is 0 Å². The molecule has 3 rings (SSSR count). The van der Waals surface area contributed by atoms with E-state index in [9.17, 15) is 4.79 Å². The van der Waals surface area contributed by atoms with Gasteiger partial charge in [-0.2, -0.15) is 0 Å². The molecule has 0 radical (unpaired) electrons. The third-order valence-corrected chi connectivity index (χ3v) is 5.29. The number of likely N-dealkylation sites (tertiary alicyclic amines) is 1. The number of hydrogen-bond donors (Lipinski definition) is 1. The molecule has 0 aliphatic carbocycles. The minimum Gasteiger partial charge on any atom is -0.344 e. The maximum Gasteiger partial charge on any atom is 0.222 e. The van der Waals surface area contributed by atoms with Crippen LogP contribution in [-0.4, -0.2) is 42.2 Å². The highest BCUT2D eigenvalue weighted by Crippen LogP contribution is 2.36. The number of rotatable bonds is 3. The summed E-state index contributed by atoms with van der Waals surface area (Å²) in [5.41, 5.74) is 1.48. The van der Waals surface area contributed by atoms with Crippen LogP contribution in [0.15, 0.2) is 29.2 Å². The Bertz CT molecular complexity index is 452. The SMILES string of the molecule is CN1CC(NCC2Cc3ccccc3S2)CCC1=O. The molecule has 1 N–H and O–H groups in total. The van der Waals surface area contributed by atoms with Crippen LogP contribution in [0, 0.1) is 0 Å². The van der Waals surface area contributed by atoms with Gasteiger partial charge in [0.25, 0.3) is 0 Å². The van der Waals surface area contributed by atoms with Gasteiger partial charge in [-0.05, 0) is 24.5 Å². The van der Waals surface area contributed by atoms with E-state index in [0.717, 1.165) is 25.9 Å². The molecule has 2 heterocycles. The standard InChI is InChI=1S/C15H20N2OS/c1-17-10-12(6-7-15(17)18)16-9-13-8-11-4-2-3-5-14(11)19-13/h2-5,12-13,16H,6-10H2,1H3. The van der Waals surface area contributed by atoms with Crippen LogP contribution in [0.4, 0.5) is 0 Å². The number of benzene rings is 1. The quantitative estimate of drug-likeness (QED) is 0.915. The van der Waals surface area contributed by atoms with Crippen molar-refractivity contribution in [2.75, 3.05) is 20.1 Å². The number of amides is 1. The lowest BCUT2D eigenvalue weighted by molar-refractivity contribution is -0.132. The van der Waals surface area contributed by atoms with Crippen LogP contribution in [0.5, 0.6) is 0 Å². The first-order valence-electron chi connectivity index (χ1n) is 6.94. The molecule has 3 nitrogen and oxygen atoms in total. The van der Waals surface area contributed by atoms with Crippen LogP contribution in [0.3, 0.4) is 0 Å². The highest BCUT2D eigenvalue weighted by atomic mass is 32.2. The Morgan fingerprint density at radius 3 is 3.05 bits per heavy atom. The van der Waals surface area contributed by atoms with E-state index in [1.807, 2.05) is 23.7 Å². The van der Waals surface area contributed by atoms with E-state index in [1.54, 1.807) is 0 Å². The molecule has 19 heavy (non-hydrogen) atoms. The number of hydrogen-bond acceptors (Lipinski definition) is 3. The van der Waals surface area contributed by atoms with Crippen LogP contribution in [0.25, 0.3) is 0 Å². The summed E-state index contributed by atoms with van der Waals surface area (Å²) in [6, 6.07) is 9.15. The van der Waals surface area contributed by atoms with Gasteiger partial charge < -0.3 is 10.2 Å². The Kier molecular flexibility index (Phi) is 3.80. The number of nitrogens with one attached hydrogen (secondary N) is 1. The molecule has 0 aromatic heterocycles. The fraction of sp³-hybridized carbons (Fsp3) is 0.533. The van der Waals surface area contributed by atoms with E-state index in [-0.39, 0.29) is 5.91 Å². The molecule has 2 aliphatic rings. The molecule has 1 saturated heterocycles. The fourth-order valence-electron chi connectivity index (χ4n) is 2.84. The van der Waals surface area contributed by atoms with Crippen LogP contribution < -0.4 is 5.32 Å². The summed E-state index contributed by atoms with van der Waals surface area (Å²) in [6.45, 7) is 1.88. The van der Waals surface area contributed by atoms with Crippen LogP contribution in [0.1, 0.15) is 18.4 Å². The van der Waals surface area contributed by atoms with Crippen molar-refractivity contribution >= 4 is 17.7 Å². The number of piperidine rings is 1. The average molecular weight is 276 g/mol. The molecule has 0 bridgehead atoms. The maximum atomic E-state index is 11.4. The number of carbonyl (C=O) groups is 1. The van der Waals surface area contributed by atoms with E-state index in [4.69, 9.17) is 0 Å². The Morgan fingerprint density at radius 1 is 1.42 bits per heavy atom. The van der Waals surface area contributed by atoms with Gasteiger partial charge in [0.2, 0.25) is 5.91 Å². The van der Waals surface area contributed by atoms with Gasteiger partial charge in [-0.1, -0.05) is 18.2 Å². The average Bonchev–Trinajstić information content (AvgIpc) is 2.83. The summed E-state index contributed by atoms with van der Waals surface area (Å²) in [7, 11) is 1.90. The summed E-state index contributed by atoms with van der Waals surface area (Å²) in [5, 5.41) is 4.27. The molecule has 1 amide bonds. The van der Waals surface area contributed by atoms with Gasteiger partial charge in [-0.25, -0.2) is 0 Å². The summed E-state index contributed by atoms with van der Waals surface area (Å²) in [4.78, 5) is 14.7. The fourth-order valence-corrected chi connectivity index (χ4v) is 4.11. The monoisotopic (exact) mass is 276 g/mol. The molecule has 1 aromatic carbocycles. The zero-order valence-electron chi connectivity index (χ0n) is 11.3. The normalized spacial score (nSPS) is 26.6. The molecule has 2 unspecified atom stereocenters. The molecule has 1 aromatic rings. The third-order valence-electron chi connectivity index (χ3n) is 3.97. The number of fused-ring (bicyclic) bond motifs is 1. The summed E-state index contributed by atoms with van der Waals surface area (Å²) >= 11 is 1.98. The highest BCUT2D eigenvalue weighted by Gasteiger charge is 2.25. The largest absolute Gasteiger partial charge is 0.344 e. The predicted molar refractivity (Wildman–Crippen MR) is 78.5 cm³/mol. The van der Waals surface area contributed by atoms with Crippen molar-refractivity contribution in [3.05, 3.63) is 29.8 Å². The smallest absolute Gasteiger partial charge is 0.222 e. The van der Waals surface area contributed by atoms with E-state index < -0.39 is 0 Å². The molecule has 102 valence electrons. The first-order valence-corrected chi connectivity index (χ1v) is 7.82. The highest BCUT2D eigenvalue weighted by molar-refractivity contribution is 8.00. The molecule has 4 heteroatoms. The molecular weight excluding hydrogens is 256 g/mol. The zero-order chi connectivity index (χ0) is 13.2. The second-order valence-corrected chi connectivity index (χ2v) is 6.81. The minimum absolute atomic E-state index is 0.278. The lowest BCUT2D eigenvalue weighted by atomic mass is 10.1. The van der Waals surface area contributed by atoms with Crippen LogP contribution in [-0.2, 0) is 11.2 Å². The van der Waals surface area contributed by atoms with Gasteiger partial charge in [0.05, 0.1) is 0 Å². The summed E-state index contributed by atoms with van der Waals surface area (Å²) in [5.74, 6) is 0.278. The van der Waals surface area contributed by atoms with Crippen molar-refractivity contribution < 1.29 is 4.79 Å². The van der Waals surface area contributed by atoms with Gasteiger partial charge in [-0.15, -0.1) is 11.8 Å². The lowest BCUT2D eigenvalue weighted by Gasteiger charge is -2.30. The first-order chi connectivity index (χ1) is 9.22. The van der Waals surface area contributed by atoms with E-state index in [2.05, 4.69) is 29.6 Å². The number of nitrogens with zero attached hydrogens (tertiary/aromatic N) is 1. The second kappa shape index (κ2) is 5.55. The minimum atomic E-state index is 0.278. The van der Waals surface area contributed by atoms with Gasteiger partial charge in [0.1, 0.15) is 0 Å². The third kappa shape index (κ3) is 2.95. The number of thioether (sulfide) groups is 1. The van der Waals surface area contributed by atoms with Crippen molar-refractivity contribution in [2.45, 2.75) is 35.4 Å². The molecular formula is C15H20N2OS. The Balaban J connectivity index is 1.48.